The molecule has 0 saturated carbocycles. The van der Waals surface area contributed by atoms with Crippen LogP contribution in [0, 0.1) is 6.92 Å². The minimum absolute atomic E-state index is 0.333. The number of piperidine rings is 1. The number of aryl methyl sites for hydroxylation is 1. The zero-order valence-electron chi connectivity index (χ0n) is 16.8. The molecule has 2 N–H and O–H groups in total. The number of alkyl halides is 3. The Balaban J connectivity index is 1.48. The van der Waals surface area contributed by atoms with Crippen molar-refractivity contribution in [1.82, 2.24) is 34.4 Å². The predicted molar refractivity (Wildman–Crippen MR) is 110 cm³/mol. The molecule has 1 aliphatic rings. The highest BCUT2D eigenvalue weighted by Crippen LogP contribution is 2.26. The summed E-state index contributed by atoms with van der Waals surface area (Å²) < 4.78 is 43.1. The van der Waals surface area contributed by atoms with E-state index in [0.29, 0.717) is 53.7 Å². The standard InChI is InChI=1S/C20H21F3N8/c1-11-26-15-3-2-14(27-19(15)30(11)10-18(22)23)12-5-7-31-17(12)9-25-20(29-31)28-16-8-24-6-4-13(16)21/h2-3,5,7,9,13,16,18,24H,4,6,8,10H2,1H3,(H,28,29)/t13-,16+/m1/s1. The molecule has 1 saturated heterocycles. The summed E-state index contributed by atoms with van der Waals surface area (Å²) in [7, 11) is 0. The SMILES string of the molecule is Cc1nc2ccc(-c3ccn4nc(N[C@H]5CNCC[C@H]5F)ncc34)nc2n1CC(F)F. The van der Waals surface area contributed by atoms with Gasteiger partial charge >= 0.3 is 0 Å². The van der Waals surface area contributed by atoms with Crippen molar-refractivity contribution in [2.24, 2.45) is 0 Å². The molecule has 4 aromatic heterocycles. The number of pyridine rings is 1. The van der Waals surface area contributed by atoms with Crippen molar-refractivity contribution < 1.29 is 13.2 Å². The van der Waals surface area contributed by atoms with Crippen LogP contribution in [-0.2, 0) is 6.54 Å². The summed E-state index contributed by atoms with van der Waals surface area (Å²) in [5.74, 6) is 0.823. The van der Waals surface area contributed by atoms with Gasteiger partial charge in [0.05, 0.1) is 30.0 Å². The molecule has 0 aliphatic carbocycles. The highest BCUT2D eigenvalue weighted by atomic mass is 19.3. The zero-order chi connectivity index (χ0) is 21.5. The Morgan fingerprint density at radius 1 is 1.26 bits per heavy atom. The maximum atomic E-state index is 14.1. The number of imidazole rings is 1. The molecule has 1 aliphatic heterocycles. The van der Waals surface area contributed by atoms with Crippen LogP contribution in [0.4, 0.5) is 19.1 Å². The van der Waals surface area contributed by atoms with Gasteiger partial charge in [-0.3, -0.25) is 0 Å². The molecule has 5 heterocycles. The van der Waals surface area contributed by atoms with Crippen LogP contribution in [0.3, 0.4) is 0 Å². The lowest BCUT2D eigenvalue weighted by Gasteiger charge is -2.27. The van der Waals surface area contributed by atoms with E-state index in [1.807, 2.05) is 6.07 Å². The van der Waals surface area contributed by atoms with Gasteiger partial charge in [-0.05, 0) is 38.1 Å². The minimum Gasteiger partial charge on any atom is -0.346 e. The molecule has 0 bridgehead atoms. The van der Waals surface area contributed by atoms with Crippen LogP contribution in [0.25, 0.3) is 27.9 Å². The van der Waals surface area contributed by atoms with Gasteiger partial charge in [0.2, 0.25) is 5.95 Å². The lowest BCUT2D eigenvalue weighted by Crippen LogP contribution is -2.46. The van der Waals surface area contributed by atoms with Crippen LogP contribution in [0.1, 0.15) is 12.2 Å². The van der Waals surface area contributed by atoms with Gasteiger partial charge in [0.1, 0.15) is 17.5 Å². The molecule has 0 unspecified atom stereocenters. The highest BCUT2D eigenvalue weighted by molar-refractivity contribution is 5.82. The van der Waals surface area contributed by atoms with Gasteiger partial charge in [0, 0.05) is 18.3 Å². The Hall–Kier alpha value is -3.21. The molecule has 5 rings (SSSR count). The molecule has 4 aromatic rings. The maximum absolute atomic E-state index is 14.1. The number of halogens is 3. The van der Waals surface area contributed by atoms with Crippen molar-refractivity contribution in [3.8, 4) is 11.3 Å². The largest absolute Gasteiger partial charge is 0.346 e. The van der Waals surface area contributed by atoms with Gasteiger partial charge in [-0.15, -0.1) is 5.10 Å². The summed E-state index contributed by atoms with van der Waals surface area (Å²) in [6.07, 6.45) is 0.389. The number of nitrogens with zero attached hydrogens (tertiary/aromatic N) is 6. The van der Waals surface area contributed by atoms with E-state index < -0.39 is 19.1 Å². The quantitative estimate of drug-likeness (QED) is 0.507. The Kier molecular flexibility index (Phi) is 4.97. The fourth-order valence-corrected chi connectivity index (χ4v) is 3.94. The summed E-state index contributed by atoms with van der Waals surface area (Å²) >= 11 is 0. The van der Waals surface area contributed by atoms with Crippen LogP contribution >= 0.6 is 0 Å². The van der Waals surface area contributed by atoms with E-state index >= 15 is 0 Å². The minimum atomic E-state index is -2.50. The molecule has 8 nitrogen and oxygen atoms in total. The number of anilines is 1. The number of aromatic nitrogens is 6. The van der Waals surface area contributed by atoms with E-state index in [0.717, 1.165) is 5.56 Å². The van der Waals surface area contributed by atoms with Gasteiger partial charge in [-0.2, -0.15) is 0 Å². The van der Waals surface area contributed by atoms with Gasteiger partial charge in [-0.25, -0.2) is 32.6 Å². The monoisotopic (exact) mass is 430 g/mol. The third-order valence-corrected chi connectivity index (χ3v) is 5.51. The Morgan fingerprint density at radius 2 is 2.13 bits per heavy atom. The van der Waals surface area contributed by atoms with Crippen molar-refractivity contribution in [3.63, 3.8) is 0 Å². The first-order valence-electron chi connectivity index (χ1n) is 10.1. The van der Waals surface area contributed by atoms with Crippen LogP contribution in [0.5, 0.6) is 0 Å². The summed E-state index contributed by atoms with van der Waals surface area (Å²) in [5, 5.41) is 10.6. The fourth-order valence-electron chi connectivity index (χ4n) is 3.94. The fraction of sp³-hybridized carbons (Fsp3) is 0.400. The van der Waals surface area contributed by atoms with Crippen molar-refractivity contribution in [2.45, 2.75) is 38.5 Å². The molecule has 11 heteroatoms. The van der Waals surface area contributed by atoms with E-state index in [-0.39, 0.29) is 6.04 Å². The van der Waals surface area contributed by atoms with E-state index in [1.165, 1.54) is 4.57 Å². The van der Waals surface area contributed by atoms with Gasteiger partial charge in [0.15, 0.2) is 5.65 Å². The Bertz CT molecular complexity index is 1230. The molecular formula is C20H21F3N8. The molecule has 0 radical (unpaired) electrons. The van der Waals surface area contributed by atoms with Gasteiger partial charge in [0.25, 0.3) is 6.43 Å². The van der Waals surface area contributed by atoms with Crippen molar-refractivity contribution in [1.29, 1.82) is 0 Å². The normalized spacial score (nSPS) is 19.5. The summed E-state index contributed by atoms with van der Waals surface area (Å²) in [4.78, 5) is 13.2. The first-order chi connectivity index (χ1) is 15.0. The summed E-state index contributed by atoms with van der Waals surface area (Å²) in [6, 6.07) is 5.01. The lowest BCUT2D eigenvalue weighted by molar-refractivity contribution is 0.127. The molecule has 1 fully saturated rings. The summed E-state index contributed by atoms with van der Waals surface area (Å²) in [5.41, 5.74) is 3.05. The van der Waals surface area contributed by atoms with E-state index in [2.05, 4.69) is 30.7 Å². The molecule has 0 amide bonds. The second-order valence-electron chi connectivity index (χ2n) is 7.60. The van der Waals surface area contributed by atoms with Crippen molar-refractivity contribution >= 4 is 22.6 Å². The second-order valence-corrected chi connectivity index (χ2v) is 7.60. The smallest absolute Gasteiger partial charge is 0.256 e. The first-order valence-corrected chi connectivity index (χ1v) is 10.1. The number of fused-ring (bicyclic) bond motifs is 2. The van der Waals surface area contributed by atoms with Crippen LogP contribution in [0.15, 0.2) is 30.6 Å². The number of hydrogen-bond donors (Lipinski definition) is 2. The average molecular weight is 430 g/mol. The van der Waals surface area contributed by atoms with Crippen LogP contribution in [0.2, 0.25) is 0 Å². The van der Waals surface area contributed by atoms with Crippen molar-refractivity contribution in [3.05, 3.63) is 36.4 Å². The number of nitrogens with one attached hydrogen (secondary N) is 2. The van der Waals surface area contributed by atoms with Gasteiger partial charge < -0.3 is 15.2 Å². The second kappa shape index (κ2) is 7.80. The molecule has 162 valence electrons. The average Bonchev–Trinajstić information content (AvgIpc) is 3.30. The molecule has 31 heavy (non-hydrogen) atoms. The predicted octanol–water partition coefficient (Wildman–Crippen LogP) is 2.83. The number of hydrogen-bond acceptors (Lipinski definition) is 6. The Labute approximate surface area is 175 Å². The maximum Gasteiger partial charge on any atom is 0.256 e. The van der Waals surface area contributed by atoms with Crippen molar-refractivity contribution in [2.75, 3.05) is 18.4 Å². The topological polar surface area (TPSA) is 85.0 Å². The number of rotatable bonds is 5. The van der Waals surface area contributed by atoms with E-state index in [1.54, 1.807) is 36.0 Å². The first kappa shape index (κ1) is 19.7. The Morgan fingerprint density at radius 3 is 2.94 bits per heavy atom. The summed E-state index contributed by atoms with van der Waals surface area (Å²) in [6.45, 7) is 2.39. The van der Waals surface area contributed by atoms with E-state index in [4.69, 9.17) is 0 Å². The third kappa shape index (κ3) is 3.69. The van der Waals surface area contributed by atoms with Crippen LogP contribution in [-0.4, -0.2) is 60.9 Å². The lowest BCUT2D eigenvalue weighted by atomic mass is 10.1. The van der Waals surface area contributed by atoms with Crippen LogP contribution < -0.4 is 10.6 Å². The zero-order valence-corrected chi connectivity index (χ0v) is 16.8. The van der Waals surface area contributed by atoms with Gasteiger partial charge in [-0.1, -0.05) is 0 Å². The molecule has 0 aromatic carbocycles. The highest BCUT2D eigenvalue weighted by Gasteiger charge is 2.25. The third-order valence-electron chi connectivity index (χ3n) is 5.51. The molecule has 2 atom stereocenters. The van der Waals surface area contributed by atoms with E-state index in [9.17, 15) is 13.2 Å². The molecular weight excluding hydrogens is 409 g/mol. The molecule has 0 spiro atoms.